The van der Waals surface area contributed by atoms with E-state index in [9.17, 15) is 12.8 Å². The molecule has 0 bridgehead atoms. The molecule has 0 amide bonds. The molecule has 26 heavy (non-hydrogen) atoms. The van der Waals surface area contributed by atoms with Crippen LogP contribution in [0, 0.1) is 18.7 Å². The van der Waals surface area contributed by atoms with Gasteiger partial charge in [-0.2, -0.15) is 0 Å². The van der Waals surface area contributed by atoms with Crippen LogP contribution in [0.15, 0.2) is 48.5 Å². The van der Waals surface area contributed by atoms with Crippen LogP contribution in [-0.4, -0.2) is 32.4 Å². The molecular formula is C20H24FNO3S. The van der Waals surface area contributed by atoms with Crippen LogP contribution in [0.1, 0.15) is 24.0 Å². The van der Waals surface area contributed by atoms with E-state index in [1.165, 1.54) is 24.3 Å². The summed E-state index contributed by atoms with van der Waals surface area (Å²) in [6.45, 7) is 3.64. The third-order valence-electron chi connectivity index (χ3n) is 4.70. The lowest BCUT2D eigenvalue weighted by atomic mass is 9.99. The van der Waals surface area contributed by atoms with E-state index < -0.39 is 10.0 Å². The Morgan fingerprint density at radius 1 is 1.12 bits per heavy atom. The Morgan fingerprint density at radius 2 is 1.81 bits per heavy atom. The Balaban J connectivity index is 1.50. The van der Waals surface area contributed by atoms with Gasteiger partial charge in [-0.15, -0.1) is 0 Å². The quantitative estimate of drug-likeness (QED) is 0.770. The van der Waals surface area contributed by atoms with Crippen molar-refractivity contribution in [1.29, 1.82) is 0 Å². The summed E-state index contributed by atoms with van der Waals surface area (Å²) in [6, 6.07) is 13.6. The minimum atomic E-state index is -3.38. The average Bonchev–Trinajstić information content (AvgIpc) is 2.62. The first-order valence-corrected chi connectivity index (χ1v) is 10.4. The molecule has 1 fully saturated rings. The Bertz CT molecular complexity index is 828. The van der Waals surface area contributed by atoms with Crippen molar-refractivity contribution in [1.82, 2.24) is 4.31 Å². The molecule has 3 rings (SSSR count). The third-order valence-corrected chi connectivity index (χ3v) is 6.55. The highest BCUT2D eigenvalue weighted by Crippen LogP contribution is 2.23. The lowest BCUT2D eigenvalue weighted by molar-refractivity contribution is 0.185. The van der Waals surface area contributed by atoms with Crippen molar-refractivity contribution in [2.24, 2.45) is 5.92 Å². The molecule has 0 saturated carbocycles. The second-order valence-corrected chi connectivity index (χ2v) is 8.82. The van der Waals surface area contributed by atoms with Gasteiger partial charge in [0.15, 0.2) is 0 Å². The first kappa shape index (κ1) is 18.9. The highest BCUT2D eigenvalue weighted by molar-refractivity contribution is 7.88. The molecule has 0 aromatic heterocycles. The maximum absolute atomic E-state index is 13.0. The number of piperidine rings is 1. The molecular weight excluding hydrogens is 353 g/mol. The van der Waals surface area contributed by atoms with Gasteiger partial charge in [0.05, 0.1) is 12.4 Å². The zero-order valence-electron chi connectivity index (χ0n) is 14.9. The summed E-state index contributed by atoms with van der Waals surface area (Å²) in [6.07, 6.45) is 1.57. The molecule has 1 heterocycles. The van der Waals surface area contributed by atoms with E-state index in [1.54, 1.807) is 4.31 Å². The second-order valence-electron chi connectivity index (χ2n) is 6.85. The predicted octanol–water partition coefficient (Wildman–Crippen LogP) is 3.75. The molecule has 0 N–H and O–H groups in total. The molecule has 0 atom stereocenters. The predicted molar refractivity (Wildman–Crippen MR) is 100.0 cm³/mol. The van der Waals surface area contributed by atoms with Crippen molar-refractivity contribution >= 4 is 10.0 Å². The number of sulfonamides is 1. The molecule has 0 spiro atoms. The van der Waals surface area contributed by atoms with Crippen molar-refractivity contribution in [2.45, 2.75) is 25.5 Å². The van der Waals surface area contributed by atoms with Crippen molar-refractivity contribution in [3.05, 3.63) is 65.5 Å². The summed E-state index contributed by atoms with van der Waals surface area (Å²) in [7, 11) is -3.38. The Labute approximate surface area is 154 Å². The number of aryl methyl sites for hydroxylation is 1. The van der Waals surface area contributed by atoms with E-state index in [0.717, 1.165) is 24.2 Å². The van der Waals surface area contributed by atoms with Crippen LogP contribution in [0.2, 0.25) is 0 Å². The van der Waals surface area contributed by atoms with Gasteiger partial charge in [0.1, 0.15) is 11.6 Å². The van der Waals surface area contributed by atoms with Crippen LogP contribution < -0.4 is 4.74 Å². The maximum Gasteiger partial charge on any atom is 0.218 e. The van der Waals surface area contributed by atoms with Crippen LogP contribution in [0.25, 0.3) is 0 Å². The van der Waals surface area contributed by atoms with Crippen LogP contribution in [0.5, 0.6) is 5.75 Å². The van der Waals surface area contributed by atoms with E-state index in [1.807, 2.05) is 31.2 Å². The topological polar surface area (TPSA) is 46.6 Å². The van der Waals surface area contributed by atoms with Crippen LogP contribution in [-0.2, 0) is 15.8 Å². The highest BCUT2D eigenvalue weighted by Gasteiger charge is 2.28. The minimum absolute atomic E-state index is 0.0856. The van der Waals surface area contributed by atoms with Crippen molar-refractivity contribution in [2.75, 3.05) is 19.7 Å². The normalized spacial score (nSPS) is 16.5. The van der Waals surface area contributed by atoms with Crippen molar-refractivity contribution in [3.8, 4) is 5.75 Å². The number of hydrogen-bond donors (Lipinski definition) is 0. The van der Waals surface area contributed by atoms with Gasteiger partial charge in [0.2, 0.25) is 10.0 Å². The summed E-state index contributed by atoms with van der Waals surface area (Å²) in [5.74, 6) is 0.766. The summed E-state index contributed by atoms with van der Waals surface area (Å²) in [5, 5.41) is 0. The molecule has 6 heteroatoms. The SMILES string of the molecule is Cc1cccc(OCC2CCN(S(=O)(=O)Cc3ccc(F)cc3)CC2)c1. The van der Waals surface area contributed by atoms with Crippen molar-refractivity contribution < 1.29 is 17.5 Å². The van der Waals surface area contributed by atoms with E-state index in [4.69, 9.17) is 4.74 Å². The number of benzene rings is 2. The lowest BCUT2D eigenvalue weighted by Gasteiger charge is -2.31. The Kier molecular flexibility index (Phi) is 5.94. The number of hydrogen-bond acceptors (Lipinski definition) is 3. The number of rotatable bonds is 6. The standard InChI is InChI=1S/C20H24FNO3S/c1-16-3-2-4-20(13-16)25-14-17-9-11-22(12-10-17)26(23,24)15-18-5-7-19(21)8-6-18/h2-8,13,17H,9-12,14-15H2,1H3. The first-order chi connectivity index (χ1) is 12.4. The fraction of sp³-hybridized carbons (Fsp3) is 0.400. The number of halogens is 1. The molecule has 2 aromatic rings. The van der Waals surface area contributed by atoms with E-state index >= 15 is 0 Å². The number of ether oxygens (including phenoxy) is 1. The Morgan fingerprint density at radius 3 is 2.46 bits per heavy atom. The second kappa shape index (κ2) is 8.18. The van der Waals surface area contributed by atoms with Gasteiger partial charge in [-0.25, -0.2) is 17.1 Å². The van der Waals surface area contributed by atoms with E-state index in [2.05, 4.69) is 0 Å². The van der Waals surface area contributed by atoms with E-state index in [-0.39, 0.29) is 11.6 Å². The molecule has 0 unspecified atom stereocenters. The fourth-order valence-electron chi connectivity index (χ4n) is 3.16. The third kappa shape index (κ3) is 5.05. The summed E-state index contributed by atoms with van der Waals surface area (Å²) >= 11 is 0. The maximum atomic E-state index is 13.0. The van der Waals surface area contributed by atoms with Gasteiger partial charge < -0.3 is 4.74 Å². The number of nitrogens with zero attached hydrogens (tertiary/aromatic N) is 1. The van der Waals surface area contributed by atoms with E-state index in [0.29, 0.717) is 31.2 Å². The molecule has 4 nitrogen and oxygen atoms in total. The monoisotopic (exact) mass is 377 g/mol. The van der Waals surface area contributed by atoms with Gasteiger partial charge in [0, 0.05) is 13.1 Å². The van der Waals surface area contributed by atoms with Gasteiger partial charge in [0.25, 0.3) is 0 Å². The Hall–Kier alpha value is -1.92. The molecule has 0 radical (unpaired) electrons. The lowest BCUT2D eigenvalue weighted by Crippen LogP contribution is -2.40. The van der Waals surface area contributed by atoms with Gasteiger partial charge >= 0.3 is 0 Å². The fourth-order valence-corrected chi connectivity index (χ4v) is 4.72. The molecule has 1 saturated heterocycles. The van der Waals surface area contributed by atoms with Gasteiger partial charge in [-0.1, -0.05) is 24.3 Å². The molecule has 2 aromatic carbocycles. The van der Waals surface area contributed by atoms with Gasteiger partial charge in [-0.05, 0) is 61.1 Å². The van der Waals surface area contributed by atoms with Crippen molar-refractivity contribution in [3.63, 3.8) is 0 Å². The zero-order valence-corrected chi connectivity index (χ0v) is 15.7. The summed E-state index contributed by atoms with van der Waals surface area (Å²) in [5.41, 5.74) is 1.76. The van der Waals surface area contributed by atoms with Gasteiger partial charge in [-0.3, -0.25) is 0 Å². The minimum Gasteiger partial charge on any atom is -0.493 e. The van der Waals surface area contributed by atoms with Crippen LogP contribution >= 0.6 is 0 Å². The largest absolute Gasteiger partial charge is 0.493 e. The van der Waals surface area contributed by atoms with Crippen LogP contribution in [0.4, 0.5) is 4.39 Å². The molecule has 1 aliphatic heterocycles. The average molecular weight is 377 g/mol. The zero-order chi connectivity index (χ0) is 18.6. The highest BCUT2D eigenvalue weighted by atomic mass is 32.2. The van der Waals surface area contributed by atoms with Crippen LogP contribution in [0.3, 0.4) is 0 Å². The molecule has 0 aliphatic carbocycles. The molecule has 140 valence electrons. The first-order valence-electron chi connectivity index (χ1n) is 8.84. The summed E-state index contributed by atoms with van der Waals surface area (Å²) < 4.78 is 45.5. The molecule has 1 aliphatic rings. The smallest absolute Gasteiger partial charge is 0.218 e. The summed E-state index contributed by atoms with van der Waals surface area (Å²) in [4.78, 5) is 0.